The molecule has 2 aromatic heterocycles. The molecule has 0 spiro atoms. The molecule has 3 N–H and O–H groups in total. The van der Waals surface area contributed by atoms with Gasteiger partial charge in [-0.2, -0.15) is 0 Å². The second-order valence-electron chi connectivity index (χ2n) is 7.76. The zero-order valence-corrected chi connectivity index (χ0v) is 18.4. The van der Waals surface area contributed by atoms with Gasteiger partial charge in [0.25, 0.3) is 5.91 Å². The van der Waals surface area contributed by atoms with Crippen LogP contribution in [-0.2, 0) is 17.6 Å². The molecule has 0 aliphatic heterocycles. The maximum absolute atomic E-state index is 13.2. The number of amides is 2. The van der Waals surface area contributed by atoms with Crippen molar-refractivity contribution in [3.8, 4) is 0 Å². The van der Waals surface area contributed by atoms with E-state index in [9.17, 15) is 9.59 Å². The number of fused-ring (bicyclic) bond motifs is 1. The summed E-state index contributed by atoms with van der Waals surface area (Å²) in [5.41, 5.74) is 2.25. The first kappa shape index (κ1) is 21.7. The van der Waals surface area contributed by atoms with E-state index in [2.05, 4.69) is 15.6 Å². The Morgan fingerprint density at radius 1 is 1.00 bits per heavy atom. The molecule has 4 aromatic rings. The molecule has 164 valence electrons. The van der Waals surface area contributed by atoms with E-state index >= 15 is 0 Å². The molecule has 6 nitrogen and oxygen atoms in total. The zero-order valence-electron chi connectivity index (χ0n) is 17.6. The number of furan rings is 1. The average molecular weight is 450 g/mol. The molecule has 0 radical (unpaired) electrons. The third kappa shape index (κ3) is 5.03. The van der Waals surface area contributed by atoms with Gasteiger partial charge in [-0.3, -0.25) is 9.59 Å². The predicted molar refractivity (Wildman–Crippen MR) is 125 cm³/mol. The van der Waals surface area contributed by atoms with Crippen molar-refractivity contribution < 1.29 is 14.0 Å². The summed E-state index contributed by atoms with van der Waals surface area (Å²) in [7, 11) is 0. The summed E-state index contributed by atoms with van der Waals surface area (Å²) in [5, 5.41) is 7.21. The molecule has 0 saturated carbocycles. The van der Waals surface area contributed by atoms with Gasteiger partial charge in [0.05, 0.1) is 16.8 Å². The smallest absolute Gasteiger partial charge is 0.253 e. The van der Waals surface area contributed by atoms with Crippen LogP contribution in [0.15, 0.2) is 77.5 Å². The Hall–Kier alpha value is -3.51. The molecule has 2 unspecified atom stereocenters. The Morgan fingerprint density at radius 2 is 1.78 bits per heavy atom. The fourth-order valence-electron chi connectivity index (χ4n) is 3.74. The minimum absolute atomic E-state index is 0.170. The highest BCUT2D eigenvalue weighted by Crippen LogP contribution is 2.20. The van der Waals surface area contributed by atoms with E-state index in [1.165, 1.54) is 0 Å². The van der Waals surface area contributed by atoms with E-state index in [-0.39, 0.29) is 11.9 Å². The van der Waals surface area contributed by atoms with Crippen LogP contribution in [0.1, 0.15) is 28.6 Å². The molecule has 4 rings (SSSR count). The number of benzene rings is 2. The van der Waals surface area contributed by atoms with Crippen molar-refractivity contribution in [3.63, 3.8) is 0 Å². The lowest BCUT2D eigenvalue weighted by molar-refractivity contribution is -0.123. The number of aromatic amines is 1. The van der Waals surface area contributed by atoms with Crippen molar-refractivity contribution in [1.29, 1.82) is 0 Å². The summed E-state index contributed by atoms with van der Waals surface area (Å²) in [6.45, 7) is 1.90. The molecule has 0 aliphatic rings. The van der Waals surface area contributed by atoms with Gasteiger partial charge in [0.15, 0.2) is 0 Å². The molecular formula is C25H24ClN3O3. The number of aromatic nitrogens is 1. The molecule has 0 aliphatic carbocycles. The number of para-hydroxylation sites is 1. The Labute approximate surface area is 191 Å². The zero-order chi connectivity index (χ0) is 22.5. The molecule has 2 amide bonds. The summed E-state index contributed by atoms with van der Waals surface area (Å²) in [4.78, 5) is 29.3. The number of halogens is 1. The van der Waals surface area contributed by atoms with Crippen molar-refractivity contribution in [1.82, 2.24) is 15.6 Å². The van der Waals surface area contributed by atoms with Gasteiger partial charge < -0.3 is 20.0 Å². The van der Waals surface area contributed by atoms with Gasteiger partial charge in [-0.05, 0) is 42.8 Å². The summed E-state index contributed by atoms with van der Waals surface area (Å²) in [6, 6.07) is 17.4. The van der Waals surface area contributed by atoms with Crippen molar-refractivity contribution in [2.45, 2.75) is 31.8 Å². The number of hydrogen-bond donors (Lipinski definition) is 3. The van der Waals surface area contributed by atoms with Gasteiger partial charge in [0, 0.05) is 36.0 Å². The first-order chi connectivity index (χ1) is 15.5. The highest BCUT2D eigenvalue weighted by molar-refractivity contribution is 6.33. The van der Waals surface area contributed by atoms with E-state index in [1.807, 2.05) is 49.5 Å². The number of H-pyrrole nitrogens is 1. The number of nitrogens with one attached hydrogen (secondary N) is 3. The van der Waals surface area contributed by atoms with Crippen LogP contribution in [0, 0.1) is 0 Å². The van der Waals surface area contributed by atoms with Gasteiger partial charge in [-0.1, -0.05) is 41.9 Å². The quantitative estimate of drug-likeness (QED) is 0.370. The maximum Gasteiger partial charge on any atom is 0.253 e. The average Bonchev–Trinajstić information content (AvgIpc) is 3.43. The van der Waals surface area contributed by atoms with E-state index in [0.29, 0.717) is 23.4 Å². The topological polar surface area (TPSA) is 87.1 Å². The number of carbonyl (C=O) groups is 2. The number of carbonyl (C=O) groups excluding carboxylic acids is 2. The van der Waals surface area contributed by atoms with Crippen LogP contribution >= 0.6 is 11.6 Å². The Morgan fingerprint density at radius 3 is 2.56 bits per heavy atom. The largest absolute Gasteiger partial charge is 0.469 e. The van der Waals surface area contributed by atoms with Crippen LogP contribution in [0.2, 0.25) is 5.02 Å². The second-order valence-corrected chi connectivity index (χ2v) is 8.17. The third-order valence-corrected chi connectivity index (χ3v) is 5.64. The minimum Gasteiger partial charge on any atom is -0.469 e. The first-order valence-corrected chi connectivity index (χ1v) is 10.8. The summed E-state index contributed by atoms with van der Waals surface area (Å²) < 4.78 is 5.38. The summed E-state index contributed by atoms with van der Waals surface area (Å²) in [6.07, 6.45) is 4.36. The lowest BCUT2D eigenvalue weighted by Gasteiger charge is -2.21. The SMILES string of the molecule is CC(Cc1ccco1)NC(=O)C(Cc1c[nH]c2ccccc12)NC(=O)c1ccccc1Cl. The molecule has 0 bridgehead atoms. The van der Waals surface area contributed by atoms with Crippen molar-refractivity contribution >= 4 is 34.3 Å². The molecule has 2 atom stereocenters. The standard InChI is InChI=1S/C25H24ClN3O3/c1-16(13-18-7-6-12-32-18)28-25(31)23(29-24(30)20-9-2-4-10-21(20)26)14-17-15-27-22-11-5-3-8-19(17)22/h2-12,15-16,23,27H,13-14H2,1H3,(H,28,31)(H,29,30). The Bertz CT molecular complexity index is 1220. The lowest BCUT2D eigenvalue weighted by atomic mass is 10.0. The fourth-order valence-corrected chi connectivity index (χ4v) is 3.96. The highest BCUT2D eigenvalue weighted by Gasteiger charge is 2.25. The van der Waals surface area contributed by atoms with Crippen molar-refractivity contribution in [2.24, 2.45) is 0 Å². The first-order valence-electron chi connectivity index (χ1n) is 10.4. The molecule has 0 fully saturated rings. The van der Waals surface area contributed by atoms with E-state index in [1.54, 1.807) is 30.5 Å². The highest BCUT2D eigenvalue weighted by atomic mass is 35.5. The van der Waals surface area contributed by atoms with Crippen molar-refractivity contribution in [2.75, 3.05) is 0 Å². The normalized spacial score (nSPS) is 12.9. The summed E-state index contributed by atoms with van der Waals surface area (Å²) in [5.74, 6) is 0.120. The third-order valence-electron chi connectivity index (χ3n) is 5.32. The molecule has 7 heteroatoms. The lowest BCUT2D eigenvalue weighted by Crippen LogP contribution is -2.50. The number of rotatable bonds is 8. The number of hydrogen-bond acceptors (Lipinski definition) is 3. The minimum atomic E-state index is -0.781. The van der Waals surface area contributed by atoms with Gasteiger partial charge >= 0.3 is 0 Å². The molecule has 32 heavy (non-hydrogen) atoms. The molecular weight excluding hydrogens is 426 g/mol. The monoisotopic (exact) mass is 449 g/mol. The fraction of sp³-hybridized carbons (Fsp3) is 0.200. The van der Waals surface area contributed by atoms with Gasteiger partial charge in [0.2, 0.25) is 5.91 Å². The van der Waals surface area contributed by atoms with Gasteiger partial charge in [-0.15, -0.1) is 0 Å². The van der Waals surface area contributed by atoms with Gasteiger partial charge in [0.1, 0.15) is 11.8 Å². The van der Waals surface area contributed by atoms with E-state index < -0.39 is 11.9 Å². The van der Waals surface area contributed by atoms with Crippen LogP contribution in [-0.4, -0.2) is 28.9 Å². The van der Waals surface area contributed by atoms with Crippen LogP contribution in [0.25, 0.3) is 10.9 Å². The summed E-state index contributed by atoms with van der Waals surface area (Å²) >= 11 is 6.19. The van der Waals surface area contributed by atoms with Crippen LogP contribution in [0.4, 0.5) is 0 Å². The molecule has 2 aromatic carbocycles. The van der Waals surface area contributed by atoms with E-state index in [0.717, 1.165) is 22.2 Å². The maximum atomic E-state index is 13.2. The van der Waals surface area contributed by atoms with Crippen LogP contribution in [0.5, 0.6) is 0 Å². The molecule has 0 saturated heterocycles. The van der Waals surface area contributed by atoms with Crippen molar-refractivity contribution in [3.05, 3.63) is 95.0 Å². The Kier molecular flexibility index (Phi) is 6.61. The Balaban J connectivity index is 1.54. The van der Waals surface area contributed by atoms with Gasteiger partial charge in [-0.25, -0.2) is 0 Å². The second kappa shape index (κ2) is 9.75. The molecule has 2 heterocycles. The van der Waals surface area contributed by atoms with E-state index in [4.69, 9.17) is 16.0 Å². The van der Waals surface area contributed by atoms with Crippen LogP contribution < -0.4 is 10.6 Å². The predicted octanol–water partition coefficient (Wildman–Crippen LogP) is 4.50. The van der Waals surface area contributed by atoms with Crippen LogP contribution in [0.3, 0.4) is 0 Å².